The Bertz CT molecular complexity index is 2380. The van der Waals surface area contributed by atoms with Crippen molar-refractivity contribution in [3.8, 4) is 78.7 Å². The van der Waals surface area contributed by atoms with Crippen LogP contribution in [0, 0.1) is 0 Å². The van der Waals surface area contributed by atoms with E-state index in [1.165, 1.54) is 0 Å². The Morgan fingerprint density at radius 3 is 0.960 bits per heavy atom. The van der Waals surface area contributed by atoms with Gasteiger partial charge in [-0.05, 0) is 68.8 Å². The SMILES string of the molecule is O=Cc1ccc(-c2cccc(-c3cccc(-c4cccc(-c5cccc(-c6nc(-c7ccccc7)nc(-c7ccccc7)n6)c5)c4)c3)c2)cc1. The van der Waals surface area contributed by atoms with Crippen LogP contribution in [-0.2, 0) is 0 Å². The molecule has 0 spiro atoms. The molecule has 4 heteroatoms. The smallest absolute Gasteiger partial charge is 0.164 e. The van der Waals surface area contributed by atoms with E-state index in [-0.39, 0.29) is 0 Å². The normalized spacial score (nSPS) is 10.9. The largest absolute Gasteiger partial charge is 0.298 e. The topological polar surface area (TPSA) is 55.7 Å². The molecule has 0 N–H and O–H groups in total. The average Bonchev–Trinajstić information content (AvgIpc) is 3.21. The highest BCUT2D eigenvalue weighted by Crippen LogP contribution is 2.33. The van der Waals surface area contributed by atoms with E-state index < -0.39 is 0 Å². The predicted octanol–water partition coefficient (Wildman–Crippen LogP) is 11.4. The minimum absolute atomic E-state index is 0.630. The van der Waals surface area contributed by atoms with Crippen LogP contribution < -0.4 is 0 Å². The van der Waals surface area contributed by atoms with Crippen molar-refractivity contribution in [2.45, 2.75) is 0 Å². The molecule has 1 aromatic heterocycles. The van der Waals surface area contributed by atoms with Crippen molar-refractivity contribution < 1.29 is 4.79 Å². The van der Waals surface area contributed by atoms with E-state index in [0.29, 0.717) is 23.0 Å². The van der Waals surface area contributed by atoms with Gasteiger partial charge >= 0.3 is 0 Å². The molecule has 0 fully saturated rings. The van der Waals surface area contributed by atoms with E-state index in [4.69, 9.17) is 15.0 Å². The predicted molar refractivity (Wildman–Crippen MR) is 203 cm³/mol. The first-order valence-electron chi connectivity index (χ1n) is 16.5. The van der Waals surface area contributed by atoms with Gasteiger partial charge in [0.15, 0.2) is 17.5 Å². The highest BCUT2D eigenvalue weighted by Gasteiger charge is 2.13. The van der Waals surface area contributed by atoms with Crippen LogP contribution in [-0.4, -0.2) is 21.2 Å². The van der Waals surface area contributed by atoms with Crippen molar-refractivity contribution in [1.29, 1.82) is 0 Å². The molecule has 1 heterocycles. The molecule has 236 valence electrons. The van der Waals surface area contributed by atoms with E-state index in [1.807, 2.05) is 84.9 Å². The first-order chi connectivity index (χ1) is 24.7. The Kier molecular flexibility index (Phi) is 8.40. The van der Waals surface area contributed by atoms with Crippen LogP contribution in [0.2, 0.25) is 0 Å². The van der Waals surface area contributed by atoms with Crippen molar-refractivity contribution in [2.75, 3.05) is 0 Å². The van der Waals surface area contributed by atoms with Crippen molar-refractivity contribution in [2.24, 2.45) is 0 Å². The summed E-state index contributed by atoms with van der Waals surface area (Å²) in [6.07, 6.45) is 0.871. The summed E-state index contributed by atoms with van der Waals surface area (Å²) in [6.45, 7) is 0. The lowest BCUT2D eigenvalue weighted by Crippen LogP contribution is -2.00. The van der Waals surface area contributed by atoms with Crippen molar-refractivity contribution >= 4 is 6.29 Å². The number of aldehydes is 1. The van der Waals surface area contributed by atoms with Gasteiger partial charge in [-0.25, -0.2) is 15.0 Å². The van der Waals surface area contributed by atoms with Gasteiger partial charge in [0.1, 0.15) is 6.29 Å². The molecular weight excluding hydrogens is 611 g/mol. The number of hydrogen-bond acceptors (Lipinski definition) is 4. The summed E-state index contributed by atoms with van der Waals surface area (Å²) in [5.41, 5.74) is 12.4. The molecule has 0 aliphatic carbocycles. The zero-order valence-corrected chi connectivity index (χ0v) is 27.1. The van der Waals surface area contributed by atoms with Gasteiger partial charge in [0.25, 0.3) is 0 Å². The number of nitrogens with zero attached hydrogens (tertiary/aromatic N) is 3. The minimum Gasteiger partial charge on any atom is -0.298 e. The maximum absolute atomic E-state index is 11.1. The number of aromatic nitrogens is 3. The summed E-state index contributed by atoms with van der Waals surface area (Å²) >= 11 is 0. The lowest BCUT2D eigenvalue weighted by Gasteiger charge is -2.11. The molecule has 0 aliphatic rings. The van der Waals surface area contributed by atoms with E-state index in [1.54, 1.807) is 0 Å². The van der Waals surface area contributed by atoms with Gasteiger partial charge in [0.05, 0.1) is 0 Å². The number of benzene rings is 7. The summed E-state index contributed by atoms with van der Waals surface area (Å²) in [5, 5.41) is 0. The fourth-order valence-electron chi connectivity index (χ4n) is 6.16. The maximum atomic E-state index is 11.1. The molecule has 0 amide bonds. The van der Waals surface area contributed by atoms with Crippen LogP contribution in [0.5, 0.6) is 0 Å². The molecule has 0 unspecified atom stereocenters. The molecule has 0 bridgehead atoms. The van der Waals surface area contributed by atoms with Crippen molar-refractivity contribution in [1.82, 2.24) is 15.0 Å². The Hall–Kier alpha value is -6.78. The Labute approximate surface area is 291 Å². The van der Waals surface area contributed by atoms with Gasteiger partial charge in [-0.3, -0.25) is 4.79 Å². The van der Waals surface area contributed by atoms with Gasteiger partial charge in [-0.2, -0.15) is 0 Å². The molecule has 0 saturated carbocycles. The summed E-state index contributed by atoms with van der Waals surface area (Å²) in [4.78, 5) is 25.8. The molecule has 0 saturated heterocycles. The lowest BCUT2D eigenvalue weighted by atomic mass is 9.94. The zero-order chi connectivity index (χ0) is 33.7. The Morgan fingerprint density at radius 1 is 0.280 bits per heavy atom. The summed E-state index contributed by atoms with van der Waals surface area (Å²) < 4.78 is 0. The van der Waals surface area contributed by atoms with Gasteiger partial charge in [0.2, 0.25) is 0 Å². The van der Waals surface area contributed by atoms with E-state index in [2.05, 4.69) is 97.1 Å². The van der Waals surface area contributed by atoms with E-state index in [0.717, 1.165) is 67.5 Å². The van der Waals surface area contributed by atoms with Crippen LogP contribution in [0.15, 0.2) is 182 Å². The highest BCUT2D eigenvalue weighted by atomic mass is 16.1. The summed E-state index contributed by atoms with van der Waals surface area (Å²) in [5.74, 6) is 1.91. The molecule has 50 heavy (non-hydrogen) atoms. The lowest BCUT2D eigenvalue weighted by molar-refractivity contribution is 0.112. The quantitative estimate of drug-likeness (QED) is 0.155. The molecule has 4 nitrogen and oxygen atoms in total. The summed E-state index contributed by atoms with van der Waals surface area (Å²) in [7, 11) is 0. The number of rotatable bonds is 8. The monoisotopic (exact) mass is 641 g/mol. The van der Waals surface area contributed by atoms with Gasteiger partial charge in [-0.15, -0.1) is 0 Å². The molecule has 8 rings (SSSR count). The second-order valence-corrected chi connectivity index (χ2v) is 12.1. The van der Waals surface area contributed by atoms with Crippen LogP contribution >= 0.6 is 0 Å². The van der Waals surface area contributed by atoms with Gasteiger partial charge in [-0.1, -0.05) is 158 Å². The van der Waals surface area contributed by atoms with Crippen molar-refractivity contribution in [3.63, 3.8) is 0 Å². The molecule has 0 atom stereocenters. The third kappa shape index (κ3) is 6.51. The molecule has 7 aromatic carbocycles. The van der Waals surface area contributed by atoms with Gasteiger partial charge in [0, 0.05) is 22.3 Å². The second kappa shape index (κ2) is 13.8. The Morgan fingerprint density at radius 2 is 0.580 bits per heavy atom. The first-order valence-corrected chi connectivity index (χ1v) is 16.5. The standard InChI is InChI=1S/C46H31N3O/c50-31-32-23-25-33(26-24-32)36-15-7-16-37(27-36)38-17-8-18-39(28-38)40-19-9-20-41(29-40)42-21-10-22-43(30-42)46-48-44(34-11-3-1-4-12-34)47-45(49-46)35-13-5-2-6-14-35/h1-31H. The third-order valence-corrected chi connectivity index (χ3v) is 8.79. The minimum atomic E-state index is 0.630. The van der Waals surface area contributed by atoms with Crippen LogP contribution in [0.3, 0.4) is 0 Å². The van der Waals surface area contributed by atoms with E-state index in [9.17, 15) is 4.79 Å². The zero-order valence-electron chi connectivity index (χ0n) is 27.1. The fraction of sp³-hybridized carbons (Fsp3) is 0. The number of hydrogen-bond donors (Lipinski definition) is 0. The first kappa shape index (κ1) is 30.5. The fourth-order valence-corrected chi connectivity index (χ4v) is 6.16. The number of carbonyl (C=O) groups is 1. The van der Waals surface area contributed by atoms with Crippen LogP contribution in [0.1, 0.15) is 10.4 Å². The van der Waals surface area contributed by atoms with Crippen molar-refractivity contribution in [3.05, 3.63) is 188 Å². The van der Waals surface area contributed by atoms with E-state index >= 15 is 0 Å². The third-order valence-electron chi connectivity index (χ3n) is 8.79. The molecular formula is C46H31N3O. The maximum Gasteiger partial charge on any atom is 0.164 e. The Balaban J connectivity index is 1.12. The number of carbonyl (C=O) groups excluding carboxylic acids is 1. The molecule has 0 radical (unpaired) electrons. The highest BCUT2D eigenvalue weighted by molar-refractivity contribution is 5.81. The molecule has 8 aromatic rings. The van der Waals surface area contributed by atoms with Gasteiger partial charge < -0.3 is 0 Å². The van der Waals surface area contributed by atoms with Crippen LogP contribution in [0.25, 0.3) is 78.7 Å². The average molecular weight is 642 g/mol. The summed E-state index contributed by atoms with van der Waals surface area (Å²) in [6, 6.07) is 62.0. The van der Waals surface area contributed by atoms with Crippen LogP contribution in [0.4, 0.5) is 0 Å². The second-order valence-electron chi connectivity index (χ2n) is 12.1. The molecule has 0 aliphatic heterocycles.